The molecule has 0 amide bonds. The summed E-state index contributed by atoms with van der Waals surface area (Å²) in [6.45, 7) is 3.91. The maximum Gasteiger partial charge on any atom is 0.116 e. The molecule has 3 heteroatoms. The summed E-state index contributed by atoms with van der Waals surface area (Å²) in [6, 6.07) is 17.4. The predicted octanol–water partition coefficient (Wildman–Crippen LogP) is 0.691. The molecule has 0 radical (unpaired) electrons. The predicted molar refractivity (Wildman–Crippen MR) is 85.9 cm³/mol. The Morgan fingerprint density at radius 3 is 2.27 bits per heavy atom. The standard InChI is InChI=1S/C19H24NO.HI/c1-19(18-8-6-5-7-16(18)14-21-19)17-11-9-15(10-12-17)13-20(2,3)4;/h5-12H,13-14H2,1-4H3;1H/q+1;/p-1. The monoisotopic (exact) mass is 409 g/mol. The smallest absolute Gasteiger partial charge is 0.116 e. The number of hydrogen-bond donors (Lipinski definition) is 0. The number of quaternary nitrogens is 1. The lowest BCUT2D eigenvalue weighted by Crippen LogP contribution is -3.00. The van der Waals surface area contributed by atoms with Crippen LogP contribution >= 0.6 is 0 Å². The van der Waals surface area contributed by atoms with Crippen LogP contribution in [0.15, 0.2) is 48.5 Å². The van der Waals surface area contributed by atoms with Crippen LogP contribution in [0.25, 0.3) is 0 Å². The quantitative estimate of drug-likeness (QED) is 0.536. The van der Waals surface area contributed by atoms with Crippen LogP contribution in [0.3, 0.4) is 0 Å². The van der Waals surface area contributed by atoms with Crippen molar-refractivity contribution in [1.82, 2.24) is 0 Å². The van der Waals surface area contributed by atoms with Crippen molar-refractivity contribution in [3.8, 4) is 0 Å². The van der Waals surface area contributed by atoms with E-state index >= 15 is 0 Å². The number of rotatable bonds is 3. The zero-order chi connectivity index (χ0) is 15.1. The van der Waals surface area contributed by atoms with E-state index in [4.69, 9.17) is 4.74 Å². The second-order valence-corrected chi connectivity index (χ2v) is 7.12. The molecule has 1 heterocycles. The van der Waals surface area contributed by atoms with Gasteiger partial charge in [0.1, 0.15) is 12.1 Å². The van der Waals surface area contributed by atoms with Gasteiger partial charge >= 0.3 is 0 Å². The van der Waals surface area contributed by atoms with Crippen molar-refractivity contribution >= 4 is 0 Å². The molecule has 2 aromatic rings. The fraction of sp³-hybridized carbons (Fsp3) is 0.368. The van der Waals surface area contributed by atoms with Gasteiger partial charge in [-0.25, -0.2) is 0 Å². The zero-order valence-corrected chi connectivity index (χ0v) is 15.9. The van der Waals surface area contributed by atoms with E-state index in [1.54, 1.807) is 0 Å². The summed E-state index contributed by atoms with van der Waals surface area (Å²) < 4.78 is 7.07. The molecule has 0 saturated heterocycles. The molecule has 3 rings (SSSR count). The van der Waals surface area contributed by atoms with Gasteiger partial charge in [-0.15, -0.1) is 0 Å². The second kappa shape index (κ2) is 6.30. The molecule has 2 aromatic carbocycles. The highest BCUT2D eigenvalue weighted by atomic mass is 127. The fourth-order valence-corrected chi connectivity index (χ4v) is 3.13. The van der Waals surface area contributed by atoms with Crippen molar-refractivity contribution in [2.45, 2.75) is 25.7 Å². The first-order chi connectivity index (χ1) is 9.88. The molecule has 118 valence electrons. The third-order valence-corrected chi connectivity index (χ3v) is 4.21. The lowest BCUT2D eigenvalue weighted by molar-refractivity contribution is -0.884. The molecule has 0 saturated carbocycles. The van der Waals surface area contributed by atoms with E-state index < -0.39 is 0 Å². The molecule has 2 nitrogen and oxygen atoms in total. The van der Waals surface area contributed by atoms with Gasteiger partial charge in [0.25, 0.3) is 0 Å². The van der Waals surface area contributed by atoms with E-state index in [9.17, 15) is 0 Å². The minimum atomic E-state index is -0.314. The largest absolute Gasteiger partial charge is 1.00 e. The fourth-order valence-electron chi connectivity index (χ4n) is 3.13. The zero-order valence-electron chi connectivity index (χ0n) is 13.8. The Labute approximate surface area is 150 Å². The van der Waals surface area contributed by atoms with E-state index in [2.05, 4.69) is 76.6 Å². The lowest BCUT2D eigenvalue weighted by Gasteiger charge is -2.27. The van der Waals surface area contributed by atoms with Gasteiger partial charge in [0, 0.05) is 5.56 Å². The first kappa shape index (κ1) is 17.4. The normalized spacial score (nSPS) is 20.4. The molecule has 22 heavy (non-hydrogen) atoms. The van der Waals surface area contributed by atoms with Crippen molar-refractivity contribution in [3.05, 3.63) is 70.8 Å². The molecular weight excluding hydrogens is 385 g/mol. The Morgan fingerprint density at radius 2 is 1.64 bits per heavy atom. The third kappa shape index (κ3) is 3.36. The van der Waals surface area contributed by atoms with Crippen LogP contribution in [0.4, 0.5) is 0 Å². The summed E-state index contributed by atoms with van der Waals surface area (Å²) in [4.78, 5) is 0. The Morgan fingerprint density at radius 1 is 1.00 bits per heavy atom. The third-order valence-electron chi connectivity index (χ3n) is 4.21. The summed E-state index contributed by atoms with van der Waals surface area (Å²) in [5.41, 5.74) is 4.88. The van der Waals surface area contributed by atoms with Crippen molar-refractivity contribution < 1.29 is 33.2 Å². The second-order valence-electron chi connectivity index (χ2n) is 7.12. The number of nitrogens with zero attached hydrogens (tertiary/aromatic N) is 1. The Kier molecular flexibility index (Phi) is 5.00. The highest BCUT2D eigenvalue weighted by Crippen LogP contribution is 2.41. The van der Waals surface area contributed by atoms with E-state index in [-0.39, 0.29) is 29.6 Å². The van der Waals surface area contributed by atoms with Crippen molar-refractivity contribution in [3.63, 3.8) is 0 Å². The molecule has 1 atom stereocenters. The van der Waals surface area contributed by atoms with E-state index in [0.29, 0.717) is 6.61 Å². The highest BCUT2D eigenvalue weighted by Gasteiger charge is 2.36. The van der Waals surface area contributed by atoms with Crippen LogP contribution in [0.1, 0.15) is 29.2 Å². The van der Waals surface area contributed by atoms with Gasteiger partial charge in [-0.2, -0.15) is 0 Å². The lowest BCUT2D eigenvalue weighted by atomic mass is 9.87. The molecule has 0 fully saturated rings. The van der Waals surface area contributed by atoms with Crippen molar-refractivity contribution in [1.29, 1.82) is 0 Å². The van der Waals surface area contributed by atoms with Crippen LogP contribution < -0.4 is 24.0 Å². The van der Waals surface area contributed by atoms with Gasteiger partial charge < -0.3 is 33.2 Å². The van der Waals surface area contributed by atoms with E-state index in [0.717, 1.165) is 11.0 Å². The van der Waals surface area contributed by atoms with Crippen LogP contribution in [-0.4, -0.2) is 25.6 Å². The van der Waals surface area contributed by atoms with Gasteiger partial charge in [-0.1, -0.05) is 48.5 Å². The summed E-state index contributed by atoms with van der Waals surface area (Å²) in [7, 11) is 6.64. The van der Waals surface area contributed by atoms with E-state index in [1.807, 2.05) is 0 Å². The van der Waals surface area contributed by atoms with Gasteiger partial charge in [0.05, 0.1) is 27.7 Å². The van der Waals surface area contributed by atoms with Crippen molar-refractivity contribution in [2.75, 3.05) is 21.1 Å². The summed E-state index contributed by atoms with van der Waals surface area (Å²) in [5, 5.41) is 0. The maximum atomic E-state index is 6.13. The topological polar surface area (TPSA) is 9.23 Å². The Bertz CT molecular complexity index is 645. The number of hydrogen-bond acceptors (Lipinski definition) is 1. The SMILES string of the molecule is CC1(c2ccc(C[N+](C)(C)C)cc2)OCc2ccccc21.[I-]. The minimum Gasteiger partial charge on any atom is -1.00 e. The maximum absolute atomic E-state index is 6.13. The van der Waals surface area contributed by atoms with Gasteiger partial charge in [0.2, 0.25) is 0 Å². The van der Waals surface area contributed by atoms with Crippen molar-refractivity contribution in [2.24, 2.45) is 0 Å². The molecule has 0 aliphatic carbocycles. The first-order valence-corrected chi connectivity index (χ1v) is 7.51. The Balaban J connectivity index is 0.00000176. The molecule has 1 aliphatic rings. The molecular formula is C19H24INO. The molecule has 0 bridgehead atoms. The highest BCUT2D eigenvalue weighted by molar-refractivity contribution is 5.43. The van der Waals surface area contributed by atoms with Crippen LogP contribution in [0, 0.1) is 0 Å². The average molecular weight is 409 g/mol. The number of ether oxygens (including phenoxy) is 1. The number of halogens is 1. The van der Waals surface area contributed by atoms with Crippen LogP contribution in [-0.2, 0) is 23.5 Å². The van der Waals surface area contributed by atoms with Gasteiger partial charge in [0.15, 0.2) is 0 Å². The number of fused-ring (bicyclic) bond motifs is 1. The number of benzene rings is 2. The minimum absolute atomic E-state index is 0. The average Bonchev–Trinajstić information content (AvgIpc) is 2.77. The molecule has 1 aliphatic heterocycles. The van der Waals surface area contributed by atoms with Crippen LogP contribution in [0.5, 0.6) is 0 Å². The summed E-state index contributed by atoms with van der Waals surface area (Å²) >= 11 is 0. The summed E-state index contributed by atoms with van der Waals surface area (Å²) in [5.74, 6) is 0. The molecule has 0 aromatic heterocycles. The van der Waals surface area contributed by atoms with Gasteiger partial charge in [-0.05, 0) is 23.6 Å². The first-order valence-electron chi connectivity index (χ1n) is 7.51. The molecule has 1 unspecified atom stereocenters. The van der Waals surface area contributed by atoms with Crippen LogP contribution in [0.2, 0.25) is 0 Å². The van der Waals surface area contributed by atoms with E-state index in [1.165, 1.54) is 22.3 Å². The molecule has 0 spiro atoms. The Hall–Kier alpha value is -0.910. The van der Waals surface area contributed by atoms with Gasteiger partial charge in [-0.3, -0.25) is 0 Å². The summed E-state index contributed by atoms with van der Waals surface area (Å²) in [6.07, 6.45) is 0. The molecule has 0 N–H and O–H groups in total.